The largest absolute Gasteiger partial charge is 0.508 e. The number of aromatic nitrogens is 5. The lowest BCUT2D eigenvalue weighted by Crippen LogP contribution is -2.73. The van der Waals surface area contributed by atoms with Crippen molar-refractivity contribution in [3.8, 4) is 27.4 Å². The Morgan fingerprint density at radius 2 is 1.73 bits per heavy atom. The molecule has 2 bridgehead atoms. The van der Waals surface area contributed by atoms with E-state index in [0.29, 0.717) is 85.2 Å². The monoisotopic (exact) mass is 1160 g/mol. The zero-order chi connectivity index (χ0) is 58.7. The summed E-state index contributed by atoms with van der Waals surface area (Å²) in [6.45, 7) is 17.5. The standard InChI is InChI=1S/C38H51N7O5S.C25H24FN5O2/c1-23(2)33(31-16-32(41-50-31)43-18-38(19-43)20-44(21-38)37(48)49-17-29-14-9-24(3)42(29)6)36(47)45-15-7-8-30(45)35(46)40-25(4)27-10-12-28(13-11-27)34-26(5)39-22-51-34;1-2-13-4-3-5-14-8-17(32)9-18(20(13)14)22-21(26)23-19(10-27-22)24(30-25(33)29-23)31-11-15-6-7-16(12-31)28-15/h10-13,16,22-25,29-30,33H,7-9,14-15,17-21H2,1-6H3,(H,40,46);3-5,8-10,15-16,28,32H,2,6-7,11-12H2,1H3,(H,29,30,33)/t24-,25?,29?,30?,33?;/m1./s1. The maximum atomic E-state index is 16.0. The van der Waals surface area contributed by atoms with Crippen molar-refractivity contribution in [2.75, 3.05) is 69.3 Å². The molecule has 10 heterocycles. The molecule has 6 aliphatic rings. The number of carbonyl (C=O) groups excluding carboxylic acids is 3. The van der Waals surface area contributed by atoms with Crippen molar-refractivity contribution >= 4 is 62.6 Å². The van der Waals surface area contributed by atoms with E-state index in [0.717, 1.165) is 103 Å². The molecule has 0 aliphatic carbocycles. The summed E-state index contributed by atoms with van der Waals surface area (Å²) in [5.74, 6) is 0.266. The van der Waals surface area contributed by atoms with Crippen LogP contribution in [0.5, 0.6) is 5.75 Å². The molecule has 7 atom stereocenters. The lowest BCUT2D eigenvalue weighted by Gasteiger charge is -2.59. The number of pyridine rings is 1. The third kappa shape index (κ3) is 11.0. The number of ether oxygens (including phenoxy) is 1. The number of nitrogens with one attached hydrogen (secondary N) is 3. The first kappa shape index (κ1) is 57.0. The average Bonchev–Trinajstić information content (AvgIpc) is 1.27. The molecule has 0 saturated carbocycles. The summed E-state index contributed by atoms with van der Waals surface area (Å²) in [4.78, 5) is 79.7. The van der Waals surface area contributed by atoms with Crippen LogP contribution in [0.1, 0.15) is 108 Å². The highest BCUT2D eigenvalue weighted by atomic mass is 32.1. The number of aromatic hydroxyl groups is 1. The molecule has 1 spiro atoms. The lowest BCUT2D eigenvalue weighted by atomic mass is 9.73. The Morgan fingerprint density at radius 3 is 2.42 bits per heavy atom. The Balaban J connectivity index is 0.000000181. The van der Waals surface area contributed by atoms with Gasteiger partial charge in [-0.15, -0.1) is 11.3 Å². The highest BCUT2D eigenvalue weighted by Crippen LogP contribution is 2.44. The van der Waals surface area contributed by atoms with Gasteiger partial charge < -0.3 is 49.6 Å². The summed E-state index contributed by atoms with van der Waals surface area (Å²) < 4.78 is 27.5. The number of rotatable bonds is 13. The topological polar surface area (TPSA) is 218 Å². The van der Waals surface area contributed by atoms with Gasteiger partial charge in [0.25, 0.3) is 0 Å². The molecule has 0 radical (unpaired) electrons. The van der Waals surface area contributed by atoms with E-state index in [9.17, 15) is 24.3 Å². The van der Waals surface area contributed by atoms with Crippen LogP contribution in [0.2, 0.25) is 0 Å². The number of H-pyrrole nitrogens is 1. The summed E-state index contributed by atoms with van der Waals surface area (Å²) in [6, 6.07) is 19.9. The second kappa shape index (κ2) is 23.2. The number of halogens is 1. The molecule has 6 saturated heterocycles. The molecule has 4 N–H and O–H groups in total. The predicted molar refractivity (Wildman–Crippen MR) is 322 cm³/mol. The minimum absolute atomic E-state index is 0.0345. The number of amides is 3. The molecule has 442 valence electrons. The van der Waals surface area contributed by atoms with Gasteiger partial charge in [-0.2, -0.15) is 4.98 Å². The number of hydrogen-bond acceptors (Lipinski definition) is 16. The minimum Gasteiger partial charge on any atom is -0.508 e. The molecule has 6 fully saturated rings. The summed E-state index contributed by atoms with van der Waals surface area (Å²) >= 11 is 1.62. The highest BCUT2D eigenvalue weighted by Gasteiger charge is 2.55. The number of nitrogens with zero attached hydrogens (tertiary/aromatic N) is 9. The fourth-order valence-corrected chi connectivity index (χ4v) is 14.6. The van der Waals surface area contributed by atoms with Gasteiger partial charge in [0.05, 0.1) is 33.0 Å². The predicted octanol–water partition coefficient (Wildman–Crippen LogP) is 8.94. The van der Waals surface area contributed by atoms with Crippen molar-refractivity contribution in [1.29, 1.82) is 0 Å². The fourth-order valence-electron chi connectivity index (χ4n) is 13.8. The van der Waals surface area contributed by atoms with E-state index in [1.54, 1.807) is 33.4 Å². The van der Waals surface area contributed by atoms with Gasteiger partial charge in [-0.25, -0.2) is 19.0 Å². The van der Waals surface area contributed by atoms with Crippen molar-refractivity contribution in [1.82, 2.24) is 50.4 Å². The highest BCUT2D eigenvalue weighted by molar-refractivity contribution is 7.13. The van der Waals surface area contributed by atoms with Gasteiger partial charge in [0.1, 0.15) is 35.8 Å². The maximum absolute atomic E-state index is 16.0. The molecule has 3 aromatic carbocycles. The Kier molecular flexibility index (Phi) is 15.7. The second-order valence-corrected chi connectivity index (χ2v) is 25.5. The smallest absolute Gasteiger partial charge is 0.409 e. The van der Waals surface area contributed by atoms with Gasteiger partial charge >= 0.3 is 11.8 Å². The zero-order valence-corrected chi connectivity index (χ0v) is 49.7. The van der Waals surface area contributed by atoms with Gasteiger partial charge in [0.2, 0.25) is 11.8 Å². The number of benzene rings is 3. The molecule has 84 heavy (non-hydrogen) atoms. The fraction of sp³-hybridized carbons (Fsp3) is 0.492. The van der Waals surface area contributed by atoms with Crippen LogP contribution >= 0.6 is 11.3 Å². The van der Waals surface area contributed by atoms with Gasteiger partial charge in [-0.05, 0) is 118 Å². The van der Waals surface area contributed by atoms with E-state index < -0.39 is 23.5 Å². The third-order valence-corrected chi connectivity index (χ3v) is 19.5. The van der Waals surface area contributed by atoms with Crippen LogP contribution in [-0.4, -0.2) is 152 Å². The van der Waals surface area contributed by atoms with E-state index in [1.807, 2.05) is 76.5 Å². The van der Waals surface area contributed by atoms with Crippen molar-refractivity contribution < 1.29 is 33.1 Å². The number of fused-ring (bicyclic) bond motifs is 4. The van der Waals surface area contributed by atoms with E-state index in [1.165, 1.54) is 6.07 Å². The number of phenols is 1. The summed E-state index contributed by atoms with van der Waals surface area (Å²) in [5, 5.41) is 23.5. The van der Waals surface area contributed by atoms with Gasteiger partial charge in [0.15, 0.2) is 17.4 Å². The molecule has 6 aliphatic heterocycles. The van der Waals surface area contributed by atoms with E-state index >= 15 is 4.39 Å². The van der Waals surface area contributed by atoms with Gasteiger partial charge in [-0.3, -0.25) is 19.5 Å². The van der Waals surface area contributed by atoms with Crippen molar-refractivity contribution in [3.05, 3.63) is 111 Å². The molecule has 3 amide bonds. The quantitative estimate of drug-likeness (QED) is 0.0847. The van der Waals surface area contributed by atoms with E-state index in [-0.39, 0.29) is 52.2 Å². The van der Waals surface area contributed by atoms with Crippen molar-refractivity contribution in [2.24, 2.45) is 11.3 Å². The number of aromatic amines is 1. The molecule has 19 nitrogen and oxygen atoms in total. The number of piperazine rings is 1. The molecular formula is C63H75FN12O7S. The second-order valence-electron chi connectivity index (χ2n) is 24.6. The number of hydrogen-bond donors (Lipinski definition) is 4. The Labute approximate surface area is 492 Å². The minimum atomic E-state index is -0.621. The molecule has 4 aromatic heterocycles. The van der Waals surface area contributed by atoms with E-state index in [2.05, 4.69) is 76.5 Å². The van der Waals surface area contributed by atoms with Crippen LogP contribution in [0.4, 0.5) is 20.8 Å². The maximum Gasteiger partial charge on any atom is 0.409 e. The van der Waals surface area contributed by atoms with Crippen molar-refractivity contribution in [2.45, 2.75) is 129 Å². The van der Waals surface area contributed by atoms with Crippen LogP contribution in [0.25, 0.3) is 43.4 Å². The van der Waals surface area contributed by atoms with Crippen LogP contribution in [-0.2, 0) is 20.7 Å². The summed E-state index contributed by atoms with van der Waals surface area (Å²) in [7, 11) is 2.10. The number of likely N-dealkylation sites (tertiary alicyclic amines) is 3. The zero-order valence-electron chi connectivity index (χ0n) is 48.9. The van der Waals surface area contributed by atoms with Gasteiger partial charge in [-0.1, -0.05) is 68.4 Å². The Bertz CT molecular complexity index is 3660. The number of aryl methyl sites for hydroxylation is 2. The van der Waals surface area contributed by atoms with Crippen LogP contribution < -0.4 is 26.1 Å². The molecular weight excluding hydrogens is 1090 g/mol. The van der Waals surface area contributed by atoms with E-state index in [4.69, 9.17) is 9.26 Å². The third-order valence-electron chi connectivity index (χ3n) is 18.5. The first-order chi connectivity index (χ1) is 40.4. The average molecular weight is 1160 g/mol. The molecule has 6 unspecified atom stereocenters. The Hall–Kier alpha value is -7.49. The normalized spacial score (nSPS) is 22.5. The molecule has 13 rings (SSSR count). The number of thiazole rings is 1. The van der Waals surface area contributed by atoms with Crippen LogP contribution in [0.15, 0.2) is 81.7 Å². The number of carbonyl (C=O) groups is 3. The first-order valence-corrected chi connectivity index (χ1v) is 30.6. The van der Waals surface area contributed by atoms with Crippen LogP contribution in [0, 0.1) is 24.1 Å². The van der Waals surface area contributed by atoms with Crippen molar-refractivity contribution in [3.63, 3.8) is 0 Å². The summed E-state index contributed by atoms with van der Waals surface area (Å²) in [6.07, 6.45) is 7.87. The number of phenolic OH excluding ortho intramolecular Hbond substituents is 1. The molecule has 21 heteroatoms. The number of likely N-dealkylation sites (N-methyl/N-ethyl adjacent to an activating group) is 1. The van der Waals surface area contributed by atoms with Crippen LogP contribution in [0.3, 0.4) is 0 Å². The Morgan fingerprint density at radius 1 is 0.964 bits per heavy atom. The van der Waals surface area contributed by atoms with Gasteiger partial charge in [0, 0.05) is 93.2 Å². The lowest BCUT2D eigenvalue weighted by molar-refractivity contribution is -0.141. The summed E-state index contributed by atoms with van der Waals surface area (Å²) in [5.41, 5.74) is 6.14. The molecule has 7 aromatic rings. The number of anilines is 2. The first-order valence-electron chi connectivity index (χ1n) is 29.8. The SMILES string of the molecule is CCc1cccc2cc(O)cc(-c3ncc4c(N5CC6CCC(C5)N6)nc(=O)[nH]c4c3F)c12.Cc1ncsc1-c1ccc(C(C)NC(=O)C2CCCN2C(=O)C(c2cc(N3CC4(CN(C(=O)OCC5CC[C@@H](C)N5C)C4)C3)no2)C(C)C)cc1.